The number of nitrogens with one attached hydrogen (secondary N) is 1. The van der Waals surface area contributed by atoms with Gasteiger partial charge in [-0.15, -0.1) is 0 Å². The van der Waals surface area contributed by atoms with Crippen LogP contribution in [0.2, 0.25) is 0 Å². The van der Waals surface area contributed by atoms with Crippen LogP contribution >= 0.6 is 0 Å². The maximum Gasteiger partial charge on any atom is 0.339 e. The van der Waals surface area contributed by atoms with Crippen LogP contribution in [0.5, 0.6) is 5.75 Å². The van der Waals surface area contributed by atoms with Gasteiger partial charge < -0.3 is 19.9 Å². The fourth-order valence-electron chi connectivity index (χ4n) is 3.20. The number of hydrogen-bond acceptors (Lipinski definition) is 5. The van der Waals surface area contributed by atoms with Crippen molar-refractivity contribution in [2.24, 2.45) is 0 Å². The topological polar surface area (TPSA) is 99.8 Å². The molecule has 6 nitrogen and oxygen atoms in total. The maximum absolute atomic E-state index is 12.4. The van der Waals surface area contributed by atoms with Crippen LogP contribution in [0.3, 0.4) is 0 Å². The van der Waals surface area contributed by atoms with Crippen molar-refractivity contribution in [1.82, 2.24) is 5.32 Å². The van der Waals surface area contributed by atoms with Gasteiger partial charge in [0.2, 0.25) is 5.91 Å². The number of aromatic hydroxyl groups is 1. The average Bonchev–Trinajstić information content (AvgIpc) is 2.69. The molecule has 0 fully saturated rings. The molecule has 2 aromatic carbocycles. The van der Waals surface area contributed by atoms with Crippen LogP contribution < -0.4 is 10.9 Å². The Morgan fingerprint density at radius 2 is 1.82 bits per heavy atom. The largest absolute Gasteiger partial charge is 0.508 e. The molecule has 3 aromatic rings. The molecule has 1 amide bonds. The second kappa shape index (κ2) is 8.27. The van der Waals surface area contributed by atoms with Crippen molar-refractivity contribution in [1.29, 1.82) is 0 Å². The molecule has 0 bridgehead atoms. The number of carbonyl (C=O) groups is 1. The number of aliphatic hydroxyl groups excluding tert-OH is 1. The van der Waals surface area contributed by atoms with Crippen LogP contribution in [-0.4, -0.2) is 22.7 Å². The summed E-state index contributed by atoms with van der Waals surface area (Å²) in [4.78, 5) is 24.5. The van der Waals surface area contributed by atoms with Gasteiger partial charge in [0.15, 0.2) is 0 Å². The molecule has 0 aliphatic carbocycles. The molecular formula is C22H23NO5. The Bertz CT molecular complexity index is 1060. The van der Waals surface area contributed by atoms with Gasteiger partial charge in [-0.3, -0.25) is 4.79 Å². The van der Waals surface area contributed by atoms with E-state index < -0.39 is 11.7 Å². The van der Waals surface area contributed by atoms with Crippen LogP contribution in [0.15, 0.2) is 51.7 Å². The van der Waals surface area contributed by atoms with Crippen LogP contribution in [0.1, 0.15) is 34.8 Å². The highest BCUT2D eigenvalue weighted by molar-refractivity contribution is 5.85. The van der Waals surface area contributed by atoms with Crippen molar-refractivity contribution >= 4 is 16.9 Å². The summed E-state index contributed by atoms with van der Waals surface area (Å²) in [6, 6.07) is 12.4. The third-order valence-electron chi connectivity index (χ3n) is 4.95. The second-order valence-electron chi connectivity index (χ2n) is 6.81. The number of fused-ring (bicyclic) bond motifs is 1. The van der Waals surface area contributed by atoms with E-state index in [2.05, 4.69) is 5.32 Å². The minimum Gasteiger partial charge on any atom is -0.508 e. The monoisotopic (exact) mass is 381 g/mol. The van der Waals surface area contributed by atoms with E-state index in [0.29, 0.717) is 16.7 Å². The molecule has 0 aliphatic heterocycles. The zero-order valence-electron chi connectivity index (χ0n) is 15.9. The fourth-order valence-corrected chi connectivity index (χ4v) is 3.20. The number of aryl methyl sites for hydroxylation is 2. The summed E-state index contributed by atoms with van der Waals surface area (Å²) in [5.74, 6) is -0.185. The fraction of sp³-hybridized carbons (Fsp3) is 0.273. The number of phenolic OH excluding ortho intramolecular Hbond substituents is 1. The lowest BCUT2D eigenvalue weighted by atomic mass is 10.0. The molecule has 6 heteroatoms. The van der Waals surface area contributed by atoms with Gasteiger partial charge in [0.05, 0.1) is 6.10 Å². The van der Waals surface area contributed by atoms with E-state index >= 15 is 0 Å². The van der Waals surface area contributed by atoms with Gasteiger partial charge in [0.1, 0.15) is 11.3 Å². The summed E-state index contributed by atoms with van der Waals surface area (Å²) in [5.41, 5.74) is 2.28. The molecule has 1 aromatic heterocycles. The molecule has 28 heavy (non-hydrogen) atoms. The van der Waals surface area contributed by atoms with Gasteiger partial charge in [-0.25, -0.2) is 4.79 Å². The molecule has 146 valence electrons. The van der Waals surface area contributed by atoms with Crippen molar-refractivity contribution in [2.75, 3.05) is 6.54 Å². The van der Waals surface area contributed by atoms with Crippen LogP contribution in [-0.2, 0) is 11.2 Å². The van der Waals surface area contributed by atoms with Gasteiger partial charge in [-0.05, 0) is 43.5 Å². The van der Waals surface area contributed by atoms with E-state index in [1.807, 2.05) is 25.1 Å². The number of hydrogen-bond donors (Lipinski definition) is 3. The van der Waals surface area contributed by atoms with Gasteiger partial charge in [-0.1, -0.05) is 30.3 Å². The molecule has 1 heterocycles. The number of benzene rings is 2. The summed E-state index contributed by atoms with van der Waals surface area (Å²) in [7, 11) is 0. The zero-order chi connectivity index (χ0) is 20.3. The Kier molecular flexibility index (Phi) is 5.80. The molecule has 1 unspecified atom stereocenters. The first-order valence-electron chi connectivity index (χ1n) is 9.13. The predicted octanol–water partition coefficient (Wildman–Crippen LogP) is 2.90. The first-order valence-corrected chi connectivity index (χ1v) is 9.13. The normalized spacial score (nSPS) is 12.1. The molecule has 0 saturated carbocycles. The standard InChI is InChI=1S/C22H23NO5/c1-13-16-8-10-18(24)14(2)21(16)28-22(27)17(13)9-11-20(26)23-12-19(25)15-6-4-3-5-7-15/h3-8,10,19,24-25H,9,11-12H2,1-2H3,(H,23,26). The van der Waals surface area contributed by atoms with E-state index in [1.54, 1.807) is 31.2 Å². The van der Waals surface area contributed by atoms with Crippen molar-refractivity contribution < 1.29 is 19.4 Å². The Morgan fingerprint density at radius 1 is 1.11 bits per heavy atom. The number of aliphatic hydroxyl groups is 1. The van der Waals surface area contributed by atoms with E-state index in [4.69, 9.17) is 4.42 Å². The van der Waals surface area contributed by atoms with Gasteiger partial charge >= 0.3 is 5.63 Å². The van der Waals surface area contributed by atoms with Crippen molar-refractivity contribution in [3.63, 3.8) is 0 Å². The molecule has 3 rings (SSSR count). The number of rotatable bonds is 6. The molecular weight excluding hydrogens is 358 g/mol. The van der Waals surface area contributed by atoms with Crippen molar-refractivity contribution in [2.45, 2.75) is 32.8 Å². The van der Waals surface area contributed by atoms with E-state index in [0.717, 1.165) is 16.5 Å². The summed E-state index contributed by atoms with van der Waals surface area (Å²) in [6.07, 6.45) is -0.444. The highest BCUT2D eigenvalue weighted by atomic mass is 16.4. The Morgan fingerprint density at radius 3 is 2.54 bits per heavy atom. The van der Waals surface area contributed by atoms with Crippen molar-refractivity contribution in [3.8, 4) is 5.75 Å². The Labute approximate surface area is 162 Å². The van der Waals surface area contributed by atoms with Gasteiger partial charge in [-0.2, -0.15) is 0 Å². The summed E-state index contributed by atoms with van der Waals surface area (Å²) in [5, 5.41) is 23.3. The first kappa shape index (κ1) is 19.6. The first-order chi connectivity index (χ1) is 13.4. The third-order valence-corrected chi connectivity index (χ3v) is 4.95. The highest BCUT2D eigenvalue weighted by Gasteiger charge is 2.16. The summed E-state index contributed by atoms with van der Waals surface area (Å²) in [6.45, 7) is 3.60. The lowest BCUT2D eigenvalue weighted by Crippen LogP contribution is -2.29. The average molecular weight is 381 g/mol. The van der Waals surface area contributed by atoms with Gasteiger partial charge in [0.25, 0.3) is 0 Å². The maximum atomic E-state index is 12.4. The summed E-state index contributed by atoms with van der Waals surface area (Å²) >= 11 is 0. The quantitative estimate of drug-likeness (QED) is 0.570. The van der Waals surface area contributed by atoms with Crippen LogP contribution in [0.25, 0.3) is 11.0 Å². The summed E-state index contributed by atoms with van der Waals surface area (Å²) < 4.78 is 5.39. The minimum atomic E-state index is -0.784. The van der Waals surface area contributed by atoms with Crippen LogP contribution in [0.4, 0.5) is 0 Å². The number of carbonyl (C=O) groups excluding carboxylic acids is 1. The SMILES string of the molecule is Cc1c(CCC(=O)NCC(O)c2ccccc2)c(=O)oc2c(C)c(O)ccc12. The predicted molar refractivity (Wildman–Crippen MR) is 106 cm³/mol. The second-order valence-corrected chi connectivity index (χ2v) is 6.81. The zero-order valence-corrected chi connectivity index (χ0v) is 15.9. The molecule has 3 N–H and O–H groups in total. The van der Waals surface area contributed by atoms with E-state index in [9.17, 15) is 19.8 Å². The van der Waals surface area contributed by atoms with Crippen LogP contribution in [0, 0.1) is 13.8 Å². The molecule has 0 aliphatic rings. The lowest BCUT2D eigenvalue weighted by Gasteiger charge is -2.13. The smallest absolute Gasteiger partial charge is 0.339 e. The van der Waals surface area contributed by atoms with E-state index in [-0.39, 0.29) is 31.0 Å². The van der Waals surface area contributed by atoms with Gasteiger partial charge in [0, 0.05) is 29.5 Å². The molecule has 1 atom stereocenters. The van der Waals surface area contributed by atoms with E-state index in [1.165, 1.54) is 0 Å². The number of amides is 1. The molecule has 0 spiro atoms. The Balaban J connectivity index is 1.67. The molecule has 0 saturated heterocycles. The third kappa shape index (κ3) is 4.07. The lowest BCUT2D eigenvalue weighted by molar-refractivity contribution is -0.121. The minimum absolute atomic E-state index is 0.0687. The molecule has 0 radical (unpaired) electrons. The highest BCUT2D eigenvalue weighted by Crippen LogP contribution is 2.28. The Hall–Kier alpha value is -3.12. The number of phenols is 1. The van der Waals surface area contributed by atoms with Crippen molar-refractivity contribution in [3.05, 3.63) is 75.1 Å².